The molecule has 170 valence electrons. The van der Waals surface area contributed by atoms with Crippen molar-refractivity contribution >= 4 is 40.9 Å². The van der Waals surface area contributed by atoms with Crippen LogP contribution in [0.15, 0.2) is 42.5 Å². The molecule has 4 amide bonds. The molecule has 3 aliphatic heterocycles. The summed E-state index contributed by atoms with van der Waals surface area (Å²) in [4.78, 5) is 53.1. The Balaban J connectivity index is 1.58. The van der Waals surface area contributed by atoms with Gasteiger partial charge in [0.2, 0.25) is 23.3 Å². The van der Waals surface area contributed by atoms with Crippen LogP contribution in [0.5, 0.6) is 0 Å². The zero-order chi connectivity index (χ0) is 23.5. The summed E-state index contributed by atoms with van der Waals surface area (Å²) in [5.74, 6) is -4.05. The van der Waals surface area contributed by atoms with Crippen molar-refractivity contribution in [1.82, 2.24) is 4.90 Å². The lowest BCUT2D eigenvalue weighted by Gasteiger charge is -2.26. The van der Waals surface area contributed by atoms with E-state index in [1.54, 1.807) is 23.5 Å². The zero-order valence-corrected chi connectivity index (χ0v) is 18.1. The monoisotopic (exact) mass is 471 g/mol. The van der Waals surface area contributed by atoms with Gasteiger partial charge in [-0.05, 0) is 29.8 Å². The van der Waals surface area contributed by atoms with Gasteiger partial charge in [0.25, 0.3) is 5.91 Å². The molecule has 2 aromatic carbocycles. The van der Waals surface area contributed by atoms with Crippen LogP contribution in [0, 0.1) is 17.7 Å². The Morgan fingerprint density at radius 3 is 2.58 bits per heavy atom. The second kappa shape index (κ2) is 7.64. The highest BCUT2D eigenvalue weighted by atomic mass is 35.5. The molecule has 0 aromatic heterocycles. The Hall–Kier alpha value is -3.30. The second-order valence-electron chi connectivity index (χ2n) is 8.71. The van der Waals surface area contributed by atoms with Gasteiger partial charge in [-0.25, -0.2) is 4.39 Å². The standard InChI is InChI=1S/C23H20ClFN4O4/c24-14-3-1-2-13-19(14)27-22(33)23(13)18-17(15(28-23)8-9-16(26)30)20(31)29(21(18)32)10-11-4-6-12(25)7-5-11/h1-7,15,17-18,28H,8-10H2,(H2,26,30)(H,27,33)/p+1/t15-,17+,18-,23+/m0/s1. The number of amides is 4. The third-order valence-electron chi connectivity index (χ3n) is 6.92. The third kappa shape index (κ3) is 3.14. The number of para-hydroxylation sites is 1. The molecule has 1 spiro atoms. The van der Waals surface area contributed by atoms with Gasteiger partial charge in [0.1, 0.15) is 23.7 Å². The van der Waals surface area contributed by atoms with Crippen molar-refractivity contribution in [1.29, 1.82) is 0 Å². The van der Waals surface area contributed by atoms with E-state index in [9.17, 15) is 23.6 Å². The van der Waals surface area contributed by atoms with Crippen LogP contribution in [0.1, 0.15) is 24.0 Å². The molecule has 2 saturated heterocycles. The number of likely N-dealkylation sites (tertiary alicyclic amines) is 1. The van der Waals surface area contributed by atoms with Crippen LogP contribution < -0.4 is 16.4 Å². The number of hydrogen-bond acceptors (Lipinski definition) is 4. The molecule has 2 aromatic rings. The van der Waals surface area contributed by atoms with Crippen molar-refractivity contribution in [3.63, 3.8) is 0 Å². The molecule has 0 aliphatic carbocycles. The largest absolute Gasteiger partial charge is 0.370 e. The van der Waals surface area contributed by atoms with Crippen LogP contribution in [0.3, 0.4) is 0 Å². The van der Waals surface area contributed by atoms with E-state index >= 15 is 0 Å². The van der Waals surface area contributed by atoms with Crippen LogP contribution >= 0.6 is 11.6 Å². The van der Waals surface area contributed by atoms with Crippen LogP contribution in [0.4, 0.5) is 10.1 Å². The number of primary amides is 1. The molecular formula is C23H21ClFN4O4+. The van der Waals surface area contributed by atoms with E-state index < -0.39 is 52.9 Å². The normalized spacial score (nSPS) is 27.8. The number of carbonyl (C=O) groups is 4. The molecule has 33 heavy (non-hydrogen) atoms. The first kappa shape index (κ1) is 21.5. The topological polar surface area (TPSA) is 126 Å². The summed E-state index contributed by atoms with van der Waals surface area (Å²) in [6.45, 7) is -0.0341. The molecule has 8 nitrogen and oxygen atoms in total. The van der Waals surface area contributed by atoms with Crippen molar-refractivity contribution < 1.29 is 28.9 Å². The van der Waals surface area contributed by atoms with Crippen LogP contribution in [0.2, 0.25) is 5.02 Å². The van der Waals surface area contributed by atoms with Gasteiger partial charge in [0.05, 0.1) is 17.3 Å². The summed E-state index contributed by atoms with van der Waals surface area (Å²) in [6, 6.07) is 10.1. The predicted octanol–water partition coefficient (Wildman–Crippen LogP) is 0.639. The summed E-state index contributed by atoms with van der Waals surface area (Å²) in [5.41, 5.74) is 5.51. The van der Waals surface area contributed by atoms with Crippen LogP contribution in [-0.4, -0.2) is 34.6 Å². The van der Waals surface area contributed by atoms with Crippen molar-refractivity contribution in [2.45, 2.75) is 31.0 Å². The van der Waals surface area contributed by atoms with Crippen molar-refractivity contribution in [3.05, 3.63) is 64.4 Å². The number of halogens is 2. The van der Waals surface area contributed by atoms with Crippen molar-refractivity contribution in [2.24, 2.45) is 17.6 Å². The van der Waals surface area contributed by atoms with E-state index in [1.165, 1.54) is 24.3 Å². The first-order valence-corrected chi connectivity index (χ1v) is 11.0. The lowest BCUT2D eigenvalue weighted by molar-refractivity contribution is -0.734. The molecule has 4 atom stereocenters. The van der Waals surface area contributed by atoms with Gasteiger partial charge < -0.3 is 16.4 Å². The lowest BCUT2D eigenvalue weighted by Crippen LogP contribution is -2.99. The number of carbonyl (C=O) groups excluding carboxylic acids is 4. The number of quaternary nitrogens is 1. The van der Waals surface area contributed by atoms with Crippen LogP contribution in [0.25, 0.3) is 0 Å². The number of hydrogen-bond donors (Lipinski definition) is 3. The quantitative estimate of drug-likeness (QED) is 0.553. The number of imide groups is 1. The molecule has 10 heteroatoms. The fraction of sp³-hybridized carbons (Fsp3) is 0.304. The molecular weight excluding hydrogens is 451 g/mol. The Labute approximate surface area is 193 Å². The summed E-state index contributed by atoms with van der Waals surface area (Å²) < 4.78 is 13.3. The maximum absolute atomic E-state index is 13.7. The molecule has 0 unspecified atom stereocenters. The van der Waals surface area contributed by atoms with Gasteiger partial charge >= 0.3 is 0 Å². The average molecular weight is 472 g/mol. The minimum absolute atomic E-state index is 0.0178. The molecule has 5 N–H and O–H groups in total. The SMILES string of the molecule is NC(=O)CC[C@@H]1[NH2+][C@@]2(C(=O)Nc3c(Cl)cccc32)[C@@H]2C(=O)N(Cc3ccc(F)cc3)C(=O)[C@H]12. The van der Waals surface area contributed by atoms with Gasteiger partial charge in [-0.15, -0.1) is 0 Å². The first-order chi connectivity index (χ1) is 15.7. The Morgan fingerprint density at radius 2 is 1.88 bits per heavy atom. The summed E-state index contributed by atoms with van der Waals surface area (Å²) in [5, 5.41) is 4.85. The number of nitrogens with one attached hydrogen (secondary N) is 1. The Bertz CT molecular complexity index is 1200. The number of nitrogens with zero attached hydrogens (tertiary/aromatic N) is 1. The van der Waals surface area contributed by atoms with Crippen molar-refractivity contribution in [2.75, 3.05) is 5.32 Å². The Kier molecular flexibility index (Phi) is 4.98. The third-order valence-corrected chi connectivity index (χ3v) is 7.24. The van der Waals surface area contributed by atoms with E-state index in [0.29, 0.717) is 21.8 Å². The van der Waals surface area contributed by atoms with Gasteiger partial charge in [0, 0.05) is 18.4 Å². The van der Waals surface area contributed by atoms with Gasteiger partial charge in [0.15, 0.2) is 0 Å². The van der Waals surface area contributed by atoms with E-state index in [0.717, 1.165) is 4.90 Å². The fourth-order valence-electron chi connectivity index (χ4n) is 5.52. The van der Waals surface area contributed by atoms with E-state index in [2.05, 4.69) is 5.32 Å². The lowest BCUT2D eigenvalue weighted by atomic mass is 9.76. The number of fused-ring (bicyclic) bond motifs is 4. The van der Waals surface area contributed by atoms with Gasteiger partial charge in [-0.1, -0.05) is 29.8 Å². The minimum Gasteiger partial charge on any atom is -0.370 e. The maximum atomic E-state index is 13.7. The zero-order valence-electron chi connectivity index (χ0n) is 17.4. The highest BCUT2D eigenvalue weighted by Crippen LogP contribution is 2.51. The molecule has 0 bridgehead atoms. The fourth-order valence-corrected chi connectivity index (χ4v) is 5.74. The number of benzene rings is 2. The average Bonchev–Trinajstić information content (AvgIpc) is 3.35. The highest BCUT2D eigenvalue weighted by Gasteiger charge is 2.74. The number of rotatable bonds is 5. The number of nitrogens with two attached hydrogens (primary N) is 2. The smallest absolute Gasteiger partial charge is 0.291 e. The van der Waals surface area contributed by atoms with Crippen LogP contribution in [-0.2, 0) is 31.3 Å². The van der Waals surface area contributed by atoms with E-state index in [1.807, 2.05) is 0 Å². The first-order valence-electron chi connectivity index (χ1n) is 10.6. The summed E-state index contributed by atoms with van der Waals surface area (Å²) in [7, 11) is 0. The molecule has 0 saturated carbocycles. The second-order valence-corrected chi connectivity index (χ2v) is 9.12. The Morgan fingerprint density at radius 1 is 1.15 bits per heavy atom. The van der Waals surface area contributed by atoms with E-state index in [4.69, 9.17) is 17.3 Å². The van der Waals surface area contributed by atoms with Gasteiger partial charge in [-0.3, -0.25) is 24.1 Å². The molecule has 5 rings (SSSR count). The van der Waals surface area contributed by atoms with Crippen molar-refractivity contribution in [3.8, 4) is 0 Å². The van der Waals surface area contributed by atoms with Gasteiger partial charge in [-0.2, -0.15) is 0 Å². The molecule has 0 radical (unpaired) electrons. The number of anilines is 1. The summed E-state index contributed by atoms with van der Waals surface area (Å²) >= 11 is 6.31. The summed E-state index contributed by atoms with van der Waals surface area (Å²) in [6.07, 6.45) is 0.259. The molecule has 2 fully saturated rings. The predicted molar refractivity (Wildman–Crippen MR) is 115 cm³/mol. The highest BCUT2D eigenvalue weighted by molar-refractivity contribution is 6.35. The molecule has 3 heterocycles. The van der Waals surface area contributed by atoms with E-state index in [-0.39, 0.29) is 19.4 Å². The molecule has 3 aliphatic rings. The minimum atomic E-state index is -1.38. The maximum Gasteiger partial charge on any atom is 0.291 e.